The lowest BCUT2D eigenvalue weighted by Crippen LogP contribution is -2.45. The van der Waals surface area contributed by atoms with Crippen LogP contribution in [0.1, 0.15) is 29.7 Å². The van der Waals surface area contributed by atoms with E-state index in [0.29, 0.717) is 18.8 Å². The summed E-state index contributed by atoms with van der Waals surface area (Å²) in [6.07, 6.45) is 8.13. The monoisotopic (exact) mass is 415 g/mol. The fourth-order valence-electron chi connectivity index (χ4n) is 4.23. The Morgan fingerprint density at radius 3 is 2.89 bits per heavy atom. The molecule has 4 heterocycles. The first-order valence-corrected chi connectivity index (χ1v) is 11.9. The van der Waals surface area contributed by atoms with Crippen molar-refractivity contribution in [2.45, 2.75) is 37.4 Å². The van der Waals surface area contributed by atoms with Crippen LogP contribution in [0.3, 0.4) is 0 Å². The summed E-state index contributed by atoms with van der Waals surface area (Å²) in [5.41, 5.74) is 2.20. The van der Waals surface area contributed by atoms with E-state index >= 15 is 0 Å². The molecular weight excluding hydrogens is 394 g/mol. The Morgan fingerprint density at radius 1 is 1.21 bits per heavy atom. The number of sulfonamides is 1. The zero-order valence-corrected chi connectivity index (χ0v) is 17.0. The molecule has 0 saturated carbocycles. The maximum absolute atomic E-state index is 12.0. The van der Waals surface area contributed by atoms with Gasteiger partial charge in [-0.1, -0.05) is 0 Å². The maximum Gasteiger partial charge on any atom is 0.213 e. The zero-order valence-electron chi connectivity index (χ0n) is 15.3. The molecule has 3 aromatic rings. The van der Waals surface area contributed by atoms with Gasteiger partial charge >= 0.3 is 0 Å². The molecule has 7 nitrogen and oxygen atoms in total. The van der Waals surface area contributed by atoms with Crippen molar-refractivity contribution in [3.8, 4) is 11.4 Å². The van der Waals surface area contributed by atoms with Crippen LogP contribution in [-0.2, 0) is 22.9 Å². The molecule has 28 heavy (non-hydrogen) atoms. The van der Waals surface area contributed by atoms with Crippen molar-refractivity contribution in [1.82, 2.24) is 15.0 Å². The molecular formula is C19H21N5O2S2. The van der Waals surface area contributed by atoms with Crippen LogP contribution < -0.4 is 10.0 Å². The second-order valence-corrected chi connectivity index (χ2v) is 10.4. The first-order chi connectivity index (χ1) is 13.5. The minimum absolute atomic E-state index is 0.377. The van der Waals surface area contributed by atoms with Gasteiger partial charge in [0.2, 0.25) is 10.0 Å². The molecule has 0 radical (unpaired) electrons. The summed E-state index contributed by atoms with van der Waals surface area (Å²) >= 11 is 1.74. The molecule has 1 unspecified atom stereocenters. The van der Waals surface area contributed by atoms with Gasteiger partial charge in [-0.2, -0.15) is 0 Å². The van der Waals surface area contributed by atoms with E-state index in [1.807, 2.05) is 12.1 Å². The third-order valence-corrected chi connectivity index (χ3v) is 8.11. The number of nitrogens with two attached hydrogens (primary N) is 1. The molecule has 1 saturated heterocycles. The van der Waals surface area contributed by atoms with E-state index < -0.39 is 15.3 Å². The number of hydrogen-bond donors (Lipinski definition) is 1. The topological polar surface area (TPSA) is 102 Å². The summed E-state index contributed by atoms with van der Waals surface area (Å²) in [5.74, 6) is 1.48. The van der Waals surface area contributed by atoms with E-state index in [9.17, 15) is 8.42 Å². The molecule has 1 atom stereocenters. The fourth-order valence-corrected chi connectivity index (χ4v) is 6.37. The summed E-state index contributed by atoms with van der Waals surface area (Å²) < 4.78 is 23.9. The molecule has 3 aromatic heterocycles. The van der Waals surface area contributed by atoms with E-state index in [0.717, 1.165) is 53.8 Å². The van der Waals surface area contributed by atoms with Crippen LogP contribution in [0.5, 0.6) is 0 Å². The average molecular weight is 416 g/mol. The first-order valence-electron chi connectivity index (χ1n) is 9.50. The Balaban J connectivity index is 1.67. The molecule has 9 heteroatoms. The molecule has 1 fully saturated rings. The number of pyridine rings is 1. The lowest BCUT2D eigenvalue weighted by Gasteiger charge is -2.33. The van der Waals surface area contributed by atoms with Gasteiger partial charge in [0.15, 0.2) is 5.82 Å². The van der Waals surface area contributed by atoms with Gasteiger partial charge in [-0.3, -0.25) is 4.98 Å². The Kier molecular flexibility index (Phi) is 4.33. The molecule has 2 N–H and O–H groups in total. The van der Waals surface area contributed by atoms with E-state index in [1.54, 1.807) is 23.7 Å². The number of aryl methyl sites for hydroxylation is 2. The van der Waals surface area contributed by atoms with Gasteiger partial charge in [0.1, 0.15) is 10.6 Å². The predicted molar refractivity (Wildman–Crippen MR) is 111 cm³/mol. The Hall–Kier alpha value is -2.10. The number of aromatic nitrogens is 3. The highest BCUT2D eigenvalue weighted by Gasteiger charge is 2.32. The number of primary sulfonamides is 1. The second-order valence-electron chi connectivity index (χ2n) is 7.45. The second kappa shape index (κ2) is 6.75. The van der Waals surface area contributed by atoms with Gasteiger partial charge in [0.25, 0.3) is 0 Å². The highest BCUT2D eigenvalue weighted by molar-refractivity contribution is 7.89. The Bertz CT molecular complexity index is 1140. The third kappa shape index (κ3) is 3.07. The quantitative estimate of drug-likeness (QED) is 0.705. The molecule has 0 amide bonds. The van der Waals surface area contributed by atoms with Crippen LogP contribution in [0.4, 0.5) is 5.82 Å². The average Bonchev–Trinajstić information content (AvgIpc) is 3.28. The number of thiophene rings is 1. The number of anilines is 1. The molecule has 0 spiro atoms. The van der Waals surface area contributed by atoms with Crippen LogP contribution in [0.25, 0.3) is 21.6 Å². The van der Waals surface area contributed by atoms with Gasteiger partial charge < -0.3 is 4.90 Å². The number of piperidine rings is 1. The molecule has 146 valence electrons. The summed E-state index contributed by atoms with van der Waals surface area (Å²) in [6.45, 7) is 1.15. The largest absolute Gasteiger partial charge is 0.355 e. The maximum atomic E-state index is 12.0. The number of fused-ring (bicyclic) bond motifs is 3. The molecule has 5 rings (SSSR count). The van der Waals surface area contributed by atoms with Crippen molar-refractivity contribution in [3.63, 3.8) is 0 Å². The van der Waals surface area contributed by atoms with Crippen molar-refractivity contribution in [3.05, 3.63) is 35.0 Å². The van der Waals surface area contributed by atoms with Gasteiger partial charge in [0, 0.05) is 35.9 Å². The predicted octanol–water partition coefficient (Wildman–Crippen LogP) is 2.50. The molecule has 0 bridgehead atoms. The standard InChI is InChI=1S/C19H21N5O2S2/c20-28(25,26)13-5-3-9-24(11-13)18-16-14-6-1-7-15(14)27-19(16)23-17(22-18)12-4-2-8-21-10-12/h2,4,8,10,13H,1,3,5-7,9,11H2,(H2,20,25,26). The van der Waals surface area contributed by atoms with Crippen molar-refractivity contribution in [2.75, 3.05) is 18.0 Å². The Morgan fingerprint density at radius 2 is 2.11 bits per heavy atom. The van der Waals surface area contributed by atoms with Gasteiger partial charge in [-0.25, -0.2) is 23.5 Å². The third-order valence-electron chi connectivity index (χ3n) is 5.61. The van der Waals surface area contributed by atoms with Crippen LogP contribution in [-0.4, -0.2) is 41.7 Å². The minimum Gasteiger partial charge on any atom is -0.355 e. The number of hydrogen-bond acceptors (Lipinski definition) is 7. The highest BCUT2D eigenvalue weighted by atomic mass is 32.2. The molecule has 1 aliphatic carbocycles. The minimum atomic E-state index is -3.57. The van der Waals surface area contributed by atoms with E-state index in [-0.39, 0.29) is 0 Å². The smallest absolute Gasteiger partial charge is 0.213 e. The van der Waals surface area contributed by atoms with E-state index in [2.05, 4.69) is 9.88 Å². The number of nitrogens with zero attached hydrogens (tertiary/aromatic N) is 4. The van der Waals surface area contributed by atoms with Crippen molar-refractivity contribution in [1.29, 1.82) is 0 Å². The van der Waals surface area contributed by atoms with Gasteiger partial charge in [-0.15, -0.1) is 11.3 Å². The van der Waals surface area contributed by atoms with Crippen LogP contribution in [0.2, 0.25) is 0 Å². The zero-order chi connectivity index (χ0) is 19.3. The Labute approximate surface area is 167 Å². The SMILES string of the molecule is NS(=O)(=O)C1CCCN(c2nc(-c3cccnc3)nc3sc4c(c23)CCC4)C1. The fraction of sp³-hybridized carbons (Fsp3) is 0.421. The van der Waals surface area contributed by atoms with Gasteiger partial charge in [-0.05, 0) is 49.8 Å². The lowest BCUT2D eigenvalue weighted by molar-refractivity contribution is 0.531. The molecule has 2 aliphatic rings. The lowest BCUT2D eigenvalue weighted by atomic mass is 10.1. The van der Waals surface area contributed by atoms with Crippen molar-refractivity contribution < 1.29 is 8.42 Å². The normalized spacial score (nSPS) is 19.9. The molecule has 0 aromatic carbocycles. The summed E-state index contributed by atoms with van der Waals surface area (Å²) in [7, 11) is -3.57. The van der Waals surface area contributed by atoms with Crippen LogP contribution >= 0.6 is 11.3 Å². The van der Waals surface area contributed by atoms with Crippen LogP contribution in [0.15, 0.2) is 24.5 Å². The summed E-state index contributed by atoms with van der Waals surface area (Å²) in [5, 5.41) is 6.00. The van der Waals surface area contributed by atoms with Crippen molar-refractivity contribution >= 4 is 37.4 Å². The first kappa shape index (κ1) is 18.0. The summed E-state index contributed by atoms with van der Waals surface area (Å²) in [4.78, 5) is 18.4. The molecule has 1 aliphatic heterocycles. The van der Waals surface area contributed by atoms with E-state index in [4.69, 9.17) is 15.1 Å². The van der Waals surface area contributed by atoms with Crippen molar-refractivity contribution in [2.24, 2.45) is 5.14 Å². The summed E-state index contributed by atoms with van der Waals surface area (Å²) in [6, 6.07) is 3.82. The number of rotatable bonds is 3. The van der Waals surface area contributed by atoms with Crippen LogP contribution in [0, 0.1) is 0 Å². The van der Waals surface area contributed by atoms with Gasteiger partial charge in [0.05, 0.1) is 10.6 Å². The van der Waals surface area contributed by atoms with E-state index in [1.165, 1.54) is 10.4 Å². The highest BCUT2D eigenvalue weighted by Crippen LogP contribution is 2.42.